The van der Waals surface area contributed by atoms with Gasteiger partial charge in [-0.15, -0.1) is 0 Å². The molecule has 25 heavy (non-hydrogen) atoms. The number of amides is 1. The number of carbonyl (C=O) groups excluding carboxylic acids is 2. The van der Waals surface area contributed by atoms with Gasteiger partial charge in [-0.2, -0.15) is 0 Å². The zero-order valence-corrected chi connectivity index (χ0v) is 14.6. The second kappa shape index (κ2) is 6.59. The third-order valence-electron chi connectivity index (χ3n) is 3.79. The fraction of sp³-hybridized carbons (Fsp3) is 0.300. The van der Waals surface area contributed by atoms with E-state index in [4.69, 9.17) is 9.47 Å². The minimum Gasteiger partial charge on any atom is -0.429 e. The number of nitrogens with zero attached hydrogens (tertiary/aromatic N) is 1. The smallest absolute Gasteiger partial charge is 0.429 e. The van der Waals surface area contributed by atoms with Gasteiger partial charge in [0.15, 0.2) is 0 Å². The lowest BCUT2D eigenvalue weighted by molar-refractivity contribution is -0.128. The zero-order chi connectivity index (χ0) is 18.0. The van der Waals surface area contributed by atoms with Crippen LogP contribution in [0.1, 0.15) is 38.0 Å². The minimum atomic E-state index is -0.977. The first-order valence-corrected chi connectivity index (χ1v) is 8.19. The number of anilines is 1. The number of carbonyl (C=O) groups is 2. The van der Waals surface area contributed by atoms with Gasteiger partial charge in [0.1, 0.15) is 5.60 Å². The Morgan fingerprint density at radius 2 is 1.68 bits per heavy atom. The molecule has 5 nitrogen and oxygen atoms in total. The first-order valence-electron chi connectivity index (χ1n) is 8.19. The topological polar surface area (TPSA) is 55.8 Å². The highest BCUT2D eigenvalue weighted by Crippen LogP contribution is 2.39. The molecule has 130 valence electrons. The van der Waals surface area contributed by atoms with Gasteiger partial charge in [0.2, 0.25) is 6.10 Å². The highest BCUT2D eigenvalue weighted by Gasteiger charge is 2.40. The molecule has 2 aromatic carbocycles. The van der Waals surface area contributed by atoms with Crippen molar-refractivity contribution >= 4 is 17.7 Å². The molecule has 0 N–H and O–H groups in total. The molecule has 0 aromatic heterocycles. The van der Waals surface area contributed by atoms with Gasteiger partial charge in [0.05, 0.1) is 12.2 Å². The number of benzene rings is 2. The first-order chi connectivity index (χ1) is 11.8. The van der Waals surface area contributed by atoms with E-state index in [0.29, 0.717) is 12.1 Å². The van der Waals surface area contributed by atoms with Crippen molar-refractivity contribution in [2.45, 2.75) is 39.0 Å². The van der Waals surface area contributed by atoms with Crippen molar-refractivity contribution in [1.29, 1.82) is 0 Å². The molecule has 0 bridgehead atoms. The third kappa shape index (κ3) is 3.82. The summed E-state index contributed by atoms with van der Waals surface area (Å²) in [6, 6.07) is 17.0. The highest BCUT2D eigenvalue weighted by molar-refractivity contribution is 6.04. The normalized spacial score (nSPS) is 16.5. The lowest BCUT2D eigenvalue weighted by Crippen LogP contribution is -2.31. The van der Waals surface area contributed by atoms with E-state index in [-0.39, 0.29) is 5.91 Å². The predicted octanol–water partition coefficient (Wildman–Crippen LogP) is 4.23. The molecule has 1 atom stereocenters. The largest absolute Gasteiger partial charge is 0.509 e. The Morgan fingerprint density at radius 3 is 2.36 bits per heavy atom. The SMILES string of the molecule is CC(C)(C)OC(=O)OC1C(=O)N(Cc2ccccc2)c2ccccc21. The van der Waals surface area contributed by atoms with Gasteiger partial charge >= 0.3 is 6.16 Å². The fourth-order valence-corrected chi connectivity index (χ4v) is 2.76. The zero-order valence-electron chi connectivity index (χ0n) is 14.6. The predicted molar refractivity (Wildman–Crippen MR) is 94.1 cm³/mol. The Hall–Kier alpha value is -2.82. The van der Waals surface area contributed by atoms with Crippen LogP contribution in [-0.2, 0) is 20.8 Å². The maximum absolute atomic E-state index is 12.9. The third-order valence-corrected chi connectivity index (χ3v) is 3.79. The summed E-state index contributed by atoms with van der Waals surface area (Å²) in [5.41, 5.74) is 1.75. The van der Waals surface area contributed by atoms with Crippen LogP contribution in [0.3, 0.4) is 0 Å². The van der Waals surface area contributed by atoms with Crippen molar-refractivity contribution in [3.05, 3.63) is 65.7 Å². The number of rotatable bonds is 3. The van der Waals surface area contributed by atoms with E-state index in [1.54, 1.807) is 31.7 Å². The average Bonchev–Trinajstić information content (AvgIpc) is 2.80. The van der Waals surface area contributed by atoms with Gasteiger partial charge in [-0.3, -0.25) is 4.79 Å². The molecule has 2 aromatic rings. The van der Waals surface area contributed by atoms with E-state index in [1.165, 1.54) is 0 Å². The molecule has 1 aliphatic rings. The van der Waals surface area contributed by atoms with Crippen molar-refractivity contribution in [1.82, 2.24) is 0 Å². The van der Waals surface area contributed by atoms with E-state index >= 15 is 0 Å². The molecule has 0 spiro atoms. The molecular weight excluding hydrogens is 318 g/mol. The Balaban J connectivity index is 1.84. The van der Waals surface area contributed by atoms with E-state index < -0.39 is 17.9 Å². The number of ether oxygens (including phenoxy) is 2. The first kappa shape index (κ1) is 17.0. The summed E-state index contributed by atoms with van der Waals surface area (Å²) in [4.78, 5) is 26.5. The van der Waals surface area contributed by atoms with Crippen LogP contribution in [0, 0.1) is 0 Å². The molecule has 0 aliphatic carbocycles. The second-order valence-corrected chi connectivity index (χ2v) is 6.93. The van der Waals surface area contributed by atoms with E-state index in [0.717, 1.165) is 11.3 Å². The molecule has 5 heteroatoms. The Labute approximate surface area is 147 Å². The van der Waals surface area contributed by atoms with Crippen molar-refractivity contribution in [3.63, 3.8) is 0 Å². The van der Waals surface area contributed by atoms with Crippen molar-refractivity contribution in [2.24, 2.45) is 0 Å². The fourth-order valence-electron chi connectivity index (χ4n) is 2.76. The van der Waals surface area contributed by atoms with Crippen LogP contribution in [0.25, 0.3) is 0 Å². The number of hydrogen-bond donors (Lipinski definition) is 0. The monoisotopic (exact) mass is 339 g/mol. The van der Waals surface area contributed by atoms with E-state index in [1.807, 2.05) is 48.5 Å². The van der Waals surface area contributed by atoms with E-state index in [2.05, 4.69) is 0 Å². The summed E-state index contributed by atoms with van der Waals surface area (Å²) < 4.78 is 10.5. The Morgan fingerprint density at radius 1 is 1.04 bits per heavy atom. The molecule has 0 radical (unpaired) electrons. The van der Waals surface area contributed by atoms with Crippen molar-refractivity contribution < 1.29 is 19.1 Å². The van der Waals surface area contributed by atoms with Gasteiger partial charge < -0.3 is 14.4 Å². The summed E-state index contributed by atoms with van der Waals surface area (Å²) in [7, 11) is 0. The van der Waals surface area contributed by atoms with Gasteiger partial charge in [-0.25, -0.2) is 4.79 Å². The maximum Gasteiger partial charge on any atom is 0.509 e. The van der Waals surface area contributed by atoms with E-state index in [9.17, 15) is 9.59 Å². The summed E-state index contributed by atoms with van der Waals surface area (Å²) in [6.45, 7) is 5.67. The molecule has 0 saturated heterocycles. The highest BCUT2D eigenvalue weighted by atomic mass is 16.7. The molecule has 3 rings (SSSR count). The Bertz CT molecular complexity index is 780. The Kier molecular flexibility index (Phi) is 4.49. The van der Waals surface area contributed by atoms with Crippen molar-refractivity contribution in [3.8, 4) is 0 Å². The van der Waals surface area contributed by atoms with Gasteiger partial charge in [-0.05, 0) is 32.4 Å². The molecule has 1 unspecified atom stereocenters. The average molecular weight is 339 g/mol. The molecule has 1 heterocycles. The van der Waals surface area contributed by atoms with Gasteiger partial charge in [0.25, 0.3) is 5.91 Å². The number of fused-ring (bicyclic) bond motifs is 1. The molecule has 0 fully saturated rings. The van der Waals surface area contributed by atoms with Crippen LogP contribution in [0.15, 0.2) is 54.6 Å². The standard InChI is InChI=1S/C20H21NO4/c1-20(2,3)25-19(23)24-17-15-11-7-8-12-16(15)21(18(17)22)13-14-9-5-4-6-10-14/h4-12,17H,13H2,1-3H3. The summed E-state index contributed by atoms with van der Waals surface area (Å²) >= 11 is 0. The van der Waals surface area contributed by atoms with Crippen LogP contribution in [0.5, 0.6) is 0 Å². The summed E-state index contributed by atoms with van der Waals surface area (Å²) in [5.74, 6) is -0.268. The number of hydrogen-bond acceptors (Lipinski definition) is 4. The van der Waals surface area contributed by atoms with Crippen LogP contribution in [0.4, 0.5) is 10.5 Å². The van der Waals surface area contributed by atoms with Gasteiger partial charge in [-0.1, -0.05) is 48.5 Å². The summed E-state index contributed by atoms with van der Waals surface area (Å²) in [6.07, 6.45) is -1.82. The van der Waals surface area contributed by atoms with Crippen LogP contribution >= 0.6 is 0 Å². The van der Waals surface area contributed by atoms with Crippen LogP contribution in [0.2, 0.25) is 0 Å². The lowest BCUT2D eigenvalue weighted by Gasteiger charge is -2.21. The van der Waals surface area contributed by atoms with Gasteiger partial charge in [0, 0.05) is 5.56 Å². The maximum atomic E-state index is 12.9. The second-order valence-electron chi connectivity index (χ2n) is 6.93. The number of para-hydroxylation sites is 1. The molecule has 1 aliphatic heterocycles. The minimum absolute atomic E-state index is 0.268. The molecular formula is C20H21NO4. The van der Waals surface area contributed by atoms with Crippen LogP contribution < -0.4 is 4.90 Å². The summed E-state index contributed by atoms with van der Waals surface area (Å²) in [5, 5.41) is 0. The lowest BCUT2D eigenvalue weighted by atomic mass is 10.1. The van der Waals surface area contributed by atoms with Crippen LogP contribution in [-0.4, -0.2) is 17.7 Å². The molecule has 0 saturated carbocycles. The quantitative estimate of drug-likeness (QED) is 0.786. The van der Waals surface area contributed by atoms with Crippen molar-refractivity contribution in [2.75, 3.05) is 4.90 Å². The molecule has 1 amide bonds.